The molecule has 3 amide bonds. The number of amides is 3. The van der Waals surface area contributed by atoms with Gasteiger partial charge in [-0.2, -0.15) is 0 Å². The van der Waals surface area contributed by atoms with Crippen molar-refractivity contribution in [2.24, 2.45) is 0 Å². The Kier molecular flexibility index (Phi) is 7.30. The molecule has 1 fully saturated rings. The Bertz CT molecular complexity index is 909. The minimum absolute atomic E-state index is 0.0381. The van der Waals surface area contributed by atoms with Crippen molar-refractivity contribution in [1.29, 1.82) is 0 Å². The van der Waals surface area contributed by atoms with Gasteiger partial charge in [-0.1, -0.05) is 29.8 Å². The monoisotopic (exact) mass is 428 g/mol. The molecule has 2 aromatic carbocycles. The lowest BCUT2D eigenvalue weighted by atomic mass is 10.1. The van der Waals surface area contributed by atoms with Crippen LogP contribution >= 0.6 is 11.6 Å². The van der Waals surface area contributed by atoms with Crippen LogP contribution in [-0.4, -0.2) is 55.3 Å². The Hall–Kier alpha value is -3.06. The molecule has 3 rings (SSSR count). The summed E-state index contributed by atoms with van der Waals surface area (Å²) in [5, 5.41) is 6.08. The van der Waals surface area contributed by atoms with E-state index in [2.05, 4.69) is 15.5 Å². The summed E-state index contributed by atoms with van der Waals surface area (Å²) in [6.45, 7) is 4.46. The Labute approximate surface area is 181 Å². The first-order valence-corrected chi connectivity index (χ1v) is 10.2. The van der Waals surface area contributed by atoms with E-state index in [1.165, 1.54) is 6.92 Å². The van der Waals surface area contributed by atoms with Gasteiger partial charge in [-0.3, -0.25) is 14.4 Å². The van der Waals surface area contributed by atoms with E-state index in [4.69, 9.17) is 11.6 Å². The average molecular weight is 429 g/mol. The first-order valence-electron chi connectivity index (χ1n) is 9.82. The van der Waals surface area contributed by atoms with Gasteiger partial charge in [-0.05, 0) is 35.9 Å². The normalized spacial score (nSPS) is 13.7. The summed E-state index contributed by atoms with van der Waals surface area (Å²) in [5.74, 6) is -0.507. The molecule has 0 unspecified atom stereocenters. The van der Waals surface area contributed by atoms with Gasteiger partial charge >= 0.3 is 0 Å². The SMILES string of the molecule is CC(=O)NCc1ccc(C(=O)NCC(=O)N2CCN(c3cccc(Cl)c3)CC2)cc1. The molecule has 1 aliphatic rings. The van der Waals surface area contributed by atoms with E-state index in [9.17, 15) is 14.4 Å². The summed E-state index contributed by atoms with van der Waals surface area (Å²) in [5.41, 5.74) is 2.42. The fourth-order valence-electron chi connectivity index (χ4n) is 3.26. The van der Waals surface area contributed by atoms with Gasteiger partial charge in [0.25, 0.3) is 5.91 Å². The van der Waals surface area contributed by atoms with E-state index >= 15 is 0 Å². The van der Waals surface area contributed by atoms with Gasteiger partial charge in [0.1, 0.15) is 0 Å². The first-order chi connectivity index (χ1) is 14.4. The summed E-state index contributed by atoms with van der Waals surface area (Å²) in [6.07, 6.45) is 0. The van der Waals surface area contributed by atoms with Gasteiger partial charge in [0, 0.05) is 55.9 Å². The van der Waals surface area contributed by atoms with Crippen LogP contribution in [0.15, 0.2) is 48.5 Å². The second-order valence-electron chi connectivity index (χ2n) is 7.14. The van der Waals surface area contributed by atoms with Crippen molar-refractivity contribution in [2.45, 2.75) is 13.5 Å². The number of benzene rings is 2. The molecular formula is C22H25ClN4O3. The van der Waals surface area contributed by atoms with E-state index in [0.717, 1.165) is 24.3 Å². The molecule has 0 radical (unpaired) electrons. The van der Waals surface area contributed by atoms with Crippen molar-refractivity contribution in [3.63, 3.8) is 0 Å². The molecule has 1 saturated heterocycles. The average Bonchev–Trinajstić information content (AvgIpc) is 2.76. The molecule has 0 atom stereocenters. The molecule has 158 valence electrons. The highest BCUT2D eigenvalue weighted by molar-refractivity contribution is 6.30. The predicted octanol–water partition coefficient (Wildman–Crippen LogP) is 2.05. The smallest absolute Gasteiger partial charge is 0.251 e. The fourth-order valence-corrected chi connectivity index (χ4v) is 3.44. The van der Waals surface area contributed by atoms with E-state index in [1.54, 1.807) is 29.2 Å². The lowest BCUT2D eigenvalue weighted by Crippen LogP contribution is -2.51. The van der Waals surface area contributed by atoms with Crippen molar-refractivity contribution in [2.75, 3.05) is 37.6 Å². The zero-order chi connectivity index (χ0) is 21.5. The molecular weight excluding hydrogens is 404 g/mol. The van der Waals surface area contributed by atoms with Crippen molar-refractivity contribution in [1.82, 2.24) is 15.5 Å². The molecule has 0 spiro atoms. The van der Waals surface area contributed by atoms with E-state index in [1.807, 2.05) is 24.3 Å². The number of nitrogens with one attached hydrogen (secondary N) is 2. The third kappa shape index (κ3) is 5.97. The molecule has 30 heavy (non-hydrogen) atoms. The number of halogens is 1. The van der Waals surface area contributed by atoms with Crippen LogP contribution in [0.25, 0.3) is 0 Å². The van der Waals surface area contributed by atoms with Crippen LogP contribution in [0, 0.1) is 0 Å². The van der Waals surface area contributed by atoms with Gasteiger partial charge in [0.15, 0.2) is 0 Å². The second kappa shape index (κ2) is 10.1. The molecule has 0 aromatic heterocycles. The molecule has 2 N–H and O–H groups in total. The van der Waals surface area contributed by atoms with Crippen LogP contribution in [0.1, 0.15) is 22.8 Å². The quantitative estimate of drug-likeness (QED) is 0.737. The van der Waals surface area contributed by atoms with E-state index in [-0.39, 0.29) is 24.3 Å². The summed E-state index contributed by atoms with van der Waals surface area (Å²) in [4.78, 5) is 39.7. The number of hydrogen-bond acceptors (Lipinski definition) is 4. The van der Waals surface area contributed by atoms with Crippen LogP contribution in [0.3, 0.4) is 0 Å². The molecule has 0 saturated carbocycles. The third-order valence-electron chi connectivity index (χ3n) is 4.96. The first kappa shape index (κ1) is 21.6. The van der Waals surface area contributed by atoms with Crippen molar-refractivity contribution >= 4 is 35.0 Å². The molecule has 0 bridgehead atoms. The Balaban J connectivity index is 1.44. The maximum Gasteiger partial charge on any atom is 0.251 e. The molecule has 0 aliphatic carbocycles. The minimum atomic E-state index is -0.299. The number of nitrogens with zero attached hydrogens (tertiary/aromatic N) is 2. The van der Waals surface area contributed by atoms with Crippen LogP contribution in [0.2, 0.25) is 5.02 Å². The predicted molar refractivity (Wildman–Crippen MR) is 117 cm³/mol. The number of rotatable bonds is 6. The minimum Gasteiger partial charge on any atom is -0.368 e. The van der Waals surface area contributed by atoms with Crippen LogP contribution in [0.5, 0.6) is 0 Å². The summed E-state index contributed by atoms with van der Waals surface area (Å²) >= 11 is 6.05. The molecule has 7 nitrogen and oxygen atoms in total. The molecule has 1 heterocycles. The molecule has 2 aromatic rings. The highest BCUT2D eigenvalue weighted by Gasteiger charge is 2.21. The maximum absolute atomic E-state index is 12.5. The zero-order valence-electron chi connectivity index (χ0n) is 16.9. The van der Waals surface area contributed by atoms with E-state index in [0.29, 0.717) is 30.2 Å². The standard InChI is InChI=1S/C22H25ClN4O3/c1-16(28)24-14-17-5-7-18(8-6-17)22(30)25-15-21(29)27-11-9-26(10-12-27)20-4-2-3-19(23)13-20/h2-8,13H,9-12,14-15H2,1H3,(H,24,28)(H,25,30). The number of carbonyl (C=O) groups is 3. The summed E-state index contributed by atoms with van der Waals surface area (Å²) < 4.78 is 0. The highest BCUT2D eigenvalue weighted by Crippen LogP contribution is 2.20. The number of carbonyl (C=O) groups excluding carboxylic acids is 3. The fraction of sp³-hybridized carbons (Fsp3) is 0.318. The molecule has 8 heteroatoms. The van der Waals surface area contributed by atoms with E-state index < -0.39 is 0 Å². The number of hydrogen-bond donors (Lipinski definition) is 2. The Morgan fingerprint density at radius 2 is 1.67 bits per heavy atom. The largest absolute Gasteiger partial charge is 0.368 e. The van der Waals surface area contributed by atoms with Crippen LogP contribution in [-0.2, 0) is 16.1 Å². The van der Waals surface area contributed by atoms with Crippen LogP contribution in [0.4, 0.5) is 5.69 Å². The topological polar surface area (TPSA) is 81.8 Å². The van der Waals surface area contributed by atoms with Crippen molar-refractivity contribution < 1.29 is 14.4 Å². The molecule has 1 aliphatic heterocycles. The Morgan fingerprint density at radius 3 is 2.30 bits per heavy atom. The zero-order valence-corrected chi connectivity index (χ0v) is 17.6. The number of anilines is 1. The van der Waals surface area contributed by atoms with Gasteiger partial charge in [0.2, 0.25) is 11.8 Å². The lowest BCUT2D eigenvalue weighted by Gasteiger charge is -2.36. The van der Waals surface area contributed by atoms with Crippen molar-refractivity contribution in [3.8, 4) is 0 Å². The van der Waals surface area contributed by atoms with Gasteiger partial charge < -0.3 is 20.4 Å². The Morgan fingerprint density at radius 1 is 0.967 bits per heavy atom. The van der Waals surface area contributed by atoms with Gasteiger partial charge in [0.05, 0.1) is 6.54 Å². The number of piperazine rings is 1. The summed E-state index contributed by atoms with van der Waals surface area (Å²) in [7, 11) is 0. The summed E-state index contributed by atoms with van der Waals surface area (Å²) in [6, 6.07) is 14.6. The van der Waals surface area contributed by atoms with Gasteiger partial charge in [-0.15, -0.1) is 0 Å². The lowest BCUT2D eigenvalue weighted by molar-refractivity contribution is -0.130. The third-order valence-corrected chi connectivity index (χ3v) is 5.20. The van der Waals surface area contributed by atoms with Crippen LogP contribution < -0.4 is 15.5 Å². The van der Waals surface area contributed by atoms with Crippen molar-refractivity contribution in [3.05, 3.63) is 64.7 Å². The van der Waals surface area contributed by atoms with Gasteiger partial charge in [-0.25, -0.2) is 0 Å². The second-order valence-corrected chi connectivity index (χ2v) is 7.57. The highest BCUT2D eigenvalue weighted by atomic mass is 35.5. The maximum atomic E-state index is 12.5.